The Kier molecular flexibility index (Phi) is 5.36. The number of aryl methyl sites for hydroxylation is 1. The summed E-state index contributed by atoms with van der Waals surface area (Å²) in [6, 6.07) is 15.9. The average molecular weight is 430 g/mol. The fraction of sp³-hybridized carbons (Fsp3) is 0.182. The molecule has 0 N–H and O–H groups in total. The number of hydrogen-bond donors (Lipinski definition) is 0. The smallest absolute Gasteiger partial charge is 0.297 e. The van der Waals surface area contributed by atoms with Crippen molar-refractivity contribution < 1.29 is 31.2 Å². The van der Waals surface area contributed by atoms with Crippen molar-refractivity contribution in [1.82, 2.24) is 0 Å². The molecule has 1 unspecified atom stereocenters. The van der Waals surface area contributed by atoms with E-state index in [4.69, 9.17) is 18.4 Å². The van der Waals surface area contributed by atoms with E-state index < -0.39 is 28.8 Å². The SMILES string of the molecule is COc1ccccc1-c1cc(F)cc2c1OC(COS(=O)(=O)c1ccc(C)cc1)O2. The van der Waals surface area contributed by atoms with Gasteiger partial charge >= 0.3 is 0 Å². The zero-order chi connectivity index (χ0) is 21.3. The van der Waals surface area contributed by atoms with Crippen LogP contribution in [-0.2, 0) is 14.3 Å². The minimum atomic E-state index is -3.99. The summed E-state index contributed by atoms with van der Waals surface area (Å²) in [7, 11) is -2.47. The third-order valence-corrected chi connectivity index (χ3v) is 5.89. The monoisotopic (exact) mass is 430 g/mol. The van der Waals surface area contributed by atoms with E-state index in [9.17, 15) is 12.8 Å². The van der Waals surface area contributed by atoms with Crippen LogP contribution in [0.25, 0.3) is 11.1 Å². The van der Waals surface area contributed by atoms with Crippen LogP contribution < -0.4 is 14.2 Å². The first-order valence-electron chi connectivity index (χ1n) is 9.14. The first-order valence-corrected chi connectivity index (χ1v) is 10.5. The molecular weight excluding hydrogens is 411 g/mol. The van der Waals surface area contributed by atoms with Crippen LogP contribution >= 0.6 is 0 Å². The maximum Gasteiger partial charge on any atom is 0.297 e. The van der Waals surface area contributed by atoms with E-state index in [0.717, 1.165) is 5.56 Å². The molecule has 8 heteroatoms. The van der Waals surface area contributed by atoms with E-state index in [0.29, 0.717) is 22.6 Å². The summed E-state index contributed by atoms with van der Waals surface area (Å²) in [6.07, 6.45) is -1.05. The third-order valence-electron chi connectivity index (χ3n) is 4.59. The molecule has 1 aliphatic heterocycles. The van der Waals surface area contributed by atoms with Gasteiger partial charge in [0.05, 0.1) is 12.0 Å². The Bertz CT molecular complexity index is 1170. The predicted molar refractivity (Wildman–Crippen MR) is 108 cm³/mol. The summed E-state index contributed by atoms with van der Waals surface area (Å²) in [4.78, 5) is 0.0318. The standard InChI is InChI=1S/C22H19FO6S/c1-14-7-9-16(10-8-14)30(24,25)27-13-21-28-20-12-15(23)11-18(22(20)29-21)17-5-3-4-6-19(17)26-2/h3-12,21H,13H2,1-2H3. The molecule has 1 aliphatic rings. The molecule has 4 rings (SSSR count). The molecule has 0 aliphatic carbocycles. The van der Waals surface area contributed by atoms with Crippen LogP contribution in [0.2, 0.25) is 0 Å². The van der Waals surface area contributed by atoms with Gasteiger partial charge in [0.25, 0.3) is 16.4 Å². The Morgan fingerprint density at radius 2 is 1.73 bits per heavy atom. The first-order chi connectivity index (χ1) is 14.4. The summed E-state index contributed by atoms with van der Waals surface area (Å²) in [5, 5.41) is 0. The van der Waals surface area contributed by atoms with E-state index in [1.54, 1.807) is 36.4 Å². The highest BCUT2D eigenvalue weighted by Crippen LogP contribution is 2.46. The van der Waals surface area contributed by atoms with Crippen LogP contribution in [0, 0.1) is 12.7 Å². The Labute approximate surface area is 173 Å². The second-order valence-corrected chi connectivity index (χ2v) is 8.31. The second kappa shape index (κ2) is 7.97. The number of benzene rings is 3. The van der Waals surface area contributed by atoms with Crippen molar-refractivity contribution >= 4 is 10.1 Å². The highest BCUT2D eigenvalue weighted by atomic mass is 32.2. The average Bonchev–Trinajstić information content (AvgIpc) is 3.15. The van der Waals surface area contributed by atoms with E-state index >= 15 is 0 Å². The number of hydrogen-bond acceptors (Lipinski definition) is 6. The molecule has 30 heavy (non-hydrogen) atoms. The lowest BCUT2D eigenvalue weighted by Gasteiger charge is -2.12. The van der Waals surface area contributed by atoms with E-state index in [1.807, 2.05) is 6.92 Å². The molecule has 0 amide bonds. The number of para-hydroxylation sites is 1. The Morgan fingerprint density at radius 3 is 2.47 bits per heavy atom. The van der Waals surface area contributed by atoms with Crippen LogP contribution in [0.3, 0.4) is 0 Å². The predicted octanol–water partition coefficient (Wildman–Crippen LogP) is 4.31. The second-order valence-electron chi connectivity index (χ2n) is 6.70. The van der Waals surface area contributed by atoms with Gasteiger partial charge in [0.1, 0.15) is 18.2 Å². The lowest BCUT2D eigenvalue weighted by atomic mass is 10.0. The number of halogens is 1. The number of methoxy groups -OCH3 is 1. The largest absolute Gasteiger partial charge is 0.496 e. The molecular formula is C22H19FO6S. The zero-order valence-corrected chi connectivity index (χ0v) is 17.1. The molecule has 0 radical (unpaired) electrons. The molecule has 3 aromatic carbocycles. The van der Waals surface area contributed by atoms with Gasteiger partial charge in [-0.3, -0.25) is 4.18 Å². The maximum atomic E-state index is 14.2. The fourth-order valence-corrected chi connectivity index (χ4v) is 4.02. The molecule has 1 heterocycles. The van der Waals surface area contributed by atoms with Crippen LogP contribution in [0.4, 0.5) is 4.39 Å². The van der Waals surface area contributed by atoms with Gasteiger partial charge in [-0.25, -0.2) is 4.39 Å². The minimum absolute atomic E-state index is 0.0318. The molecule has 3 aromatic rings. The molecule has 0 aromatic heterocycles. The van der Waals surface area contributed by atoms with Gasteiger partial charge < -0.3 is 14.2 Å². The van der Waals surface area contributed by atoms with Crippen LogP contribution in [0.1, 0.15) is 5.56 Å². The van der Waals surface area contributed by atoms with E-state index in [2.05, 4.69) is 0 Å². The summed E-state index contributed by atoms with van der Waals surface area (Å²) in [5.74, 6) is 0.474. The van der Waals surface area contributed by atoms with E-state index in [-0.39, 0.29) is 10.6 Å². The number of fused-ring (bicyclic) bond motifs is 1. The normalized spacial score (nSPS) is 15.2. The molecule has 0 saturated carbocycles. The lowest BCUT2D eigenvalue weighted by molar-refractivity contribution is 0.00987. The van der Waals surface area contributed by atoms with Crippen molar-refractivity contribution in [2.75, 3.05) is 13.7 Å². The van der Waals surface area contributed by atoms with Gasteiger partial charge in [0.2, 0.25) is 0 Å². The Hall–Kier alpha value is -3.10. The summed E-state index contributed by atoms with van der Waals surface area (Å²) < 4.78 is 60.8. The fourth-order valence-electron chi connectivity index (χ4n) is 3.13. The molecule has 0 spiro atoms. The van der Waals surface area contributed by atoms with Crippen molar-refractivity contribution in [2.24, 2.45) is 0 Å². The molecule has 1 atom stereocenters. The Balaban J connectivity index is 1.56. The van der Waals surface area contributed by atoms with Gasteiger partial charge in [0.15, 0.2) is 11.5 Å². The third kappa shape index (κ3) is 3.96. The molecule has 0 bridgehead atoms. The molecule has 0 fully saturated rings. The quantitative estimate of drug-likeness (QED) is 0.543. The molecule has 0 saturated heterocycles. The highest BCUT2D eigenvalue weighted by molar-refractivity contribution is 7.86. The minimum Gasteiger partial charge on any atom is -0.496 e. The van der Waals surface area contributed by atoms with Crippen LogP contribution in [-0.4, -0.2) is 28.4 Å². The van der Waals surface area contributed by atoms with Gasteiger partial charge in [-0.05, 0) is 31.2 Å². The first kappa shape index (κ1) is 20.2. The van der Waals surface area contributed by atoms with Crippen LogP contribution in [0.15, 0.2) is 65.6 Å². The number of rotatable bonds is 6. The van der Waals surface area contributed by atoms with Crippen molar-refractivity contribution in [3.8, 4) is 28.4 Å². The summed E-state index contributed by atoms with van der Waals surface area (Å²) in [6.45, 7) is 1.46. The zero-order valence-electron chi connectivity index (χ0n) is 16.3. The van der Waals surface area contributed by atoms with Crippen LogP contribution in [0.5, 0.6) is 17.2 Å². The highest BCUT2D eigenvalue weighted by Gasteiger charge is 2.31. The maximum absolute atomic E-state index is 14.2. The van der Waals surface area contributed by atoms with Crippen molar-refractivity contribution in [2.45, 2.75) is 18.1 Å². The molecule has 156 valence electrons. The Morgan fingerprint density at radius 1 is 1.00 bits per heavy atom. The van der Waals surface area contributed by atoms with Crippen molar-refractivity contribution in [3.05, 3.63) is 72.0 Å². The topological polar surface area (TPSA) is 71.1 Å². The molecule has 6 nitrogen and oxygen atoms in total. The van der Waals surface area contributed by atoms with Gasteiger partial charge in [-0.2, -0.15) is 8.42 Å². The number of ether oxygens (including phenoxy) is 3. The van der Waals surface area contributed by atoms with Gasteiger partial charge in [-0.1, -0.05) is 35.9 Å². The van der Waals surface area contributed by atoms with Gasteiger partial charge in [-0.15, -0.1) is 0 Å². The van der Waals surface area contributed by atoms with Crippen molar-refractivity contribution in [3.63, 3.8) is 0 Å². The summed E-state index contributed by atoms with van der Waals surface area (Å²) in [5.41, 5.74) is 1.98. The van der Waals surface area contributed by atoms with E-state index in [1.165, 1.54) is 31.4 Å². The van der Waals surface area contributed by atoms with Gasteiger partial charge in [0, 0.05) is 17.2 Å². The lowest BCUT2D eigenvalue weighted by Crippen LogP contribution is -2.26. The summed E-state index contributed by atoms with van der Waals surface area (Å²) >= 11 is 0. The van der Waals surface area contributed by atoms with Crippen molar-refractivity contribution in [1.29, 1.82) is 0 Å².